The van der Waals surface area contributed by atoms with Crippen LogP contribution < -0.4 is 5.73 Å². The monoisotopic (exact) mass is 279 g/mol. The summed E-state index contributed by atoms with van der Waals surface area (Å²) in [5, 5.41) is 0. The first-order chi connectivity index (χ1) is 6.12. The summed E-state index contributed by atoms with van der Waals surface area (Å²) in [6.07, 6.45) is 3.08. The zero-order chi connectivity index (χ0) is 9.47. The Bertz CT molecular complexity index is 339. The van der Waals surface area contributed by atoms with Crippen molar-refractivity contribution in [1.82, 2.24) is 0 Å². The fourth-order valence-corrected chi connectivity index (χ4v) is 1.90. The van der Waals surface area contributed by atoms with Crippen LogP contribution in [0.4, 0.5) is 4.39 Å². The molecule has 1 aromatic carbocycles. The summed E-state index contributed by atoms with van der Waals surface area (Å²) >= 11 is 3.12. The molecule has 0 heterocycles. The molecule has 14 heavy (non-hydrogen) atoms. The summed E-state index contributed by atoms with van der Waals surface area (Å²) in [7, 11) is 0. The summed E-state index contributed by atoms with van der Waals surface area (Å²) in [4.78, 5) is 0. The summed E-state index contributed by atoms with van der Waals surface area (Å²) in [6, 6.07) is 5.15. The molecule has 1 saturated carbocycles. The van der Waals surface area contributed by atoms with E-state index in [4.69, 9.17) is 5.73 Å². The number of halogens is 3. The normalized spacial score (nSPS) is 18.2. The van der Waals surface area contributed by atoms with Crippen LogP contribution in [-0.2, 0) is 5.54 Å². The summed E-state index contributed by atoms with van der Waals surface area (Å²) < 4.78 is 13.7. The first-order valence-electron chi connectivity index (χ1n) is 4.36. The molecule has 78 valence electrons. The molecule has 2 rings (SSSR count). The van der Waals surface area contributed by atoms with Gasteiger partial charge in [0.05, 0.1) is 4.47 Å². The molecular weight excluding hydrogens is 268 g/mol. The number of hydrogen-bond donors (Lipinski definition) is 1. The molecule has 2 N–H and O–H groups in total. The molecule has 0 atom stereocenters. The highest BCUT2D eigenvalue weighted by molar-refractivity contribution is 9.10. The van der Waals surface area contributed by atoms with E-state index in [0.29, 0.717) is 4.47 Å². The van der Waals surface area contributed by atoms with E-state index in [1.54, 1.807) is 6.07 Å². The van der Waals surface area contributed by atoms with E-state index < -0.39 is 0 Å². The molecule has 0 unspecified atom stereocenters. The van der Waals surface area contributed by atoms with Crippen molar-refractivity contribution in [1.29, 1.82) is 0 Å². The van der Waals surface area contributed by atoms with Crippen molar-refractivity contribution in [2.24, 2.45) is 5.73 Å². The SMILES string of the molecule is Cl.NC1(c2ccc(Br)c(F)c2)CCC1. The average molecular weight is 281 g/mol. The molecule has 0 aromatic heterocycles. The predicted octanol–water partition coefficient (Wildman–Crippen LogP) is 3.35. The Morgan fingerprint density at radius 2 is 2.00 bits per heavy atom. The number of benzene rings is 1. The first kappa shape index (κ1) is 12.0. The van der Waals surface area contributed by atoms with E-state index in [1.165, 1.54) is 6.07 Å². The Labute approximate surface area is 97.4 Å². The maximum absolute atomic E-state index is 13.2. The molecule has 1 aliphatic carbocycles. The van der Waals surface area contributed by atoms with E-state index in [-0.39, 0.29) is 23.8 Å². The van der Waals surface area contributed by atoms with Crippen molar-refractivity contribution in [3.05, 3.63) is 34.1 Å². The van der Waals surface area contributed by atoms with E-state index in [1.807, 2.05) is 6.07 Å². The van der Waals surface area contributed by atoms with E-state index in [2.05, 4.69) is 15.9 Å². The fraction of sp³-hybridized carbons (Fsp3) is 0.400. The molecule has 1 aliphatic rings. The van der Waals surface area contributed by atoms with E-state index in [9.17, 15) is 4.39 Å². The molecule has 0 spiro atoms. The maximum atomic E-state index is 13.2. The Morgan fingerprint density at radius 1 is 1.36 bits per heavy atom. The lowest BCUT2D eigenvalue weighted by Crippen LogP contribution is -2.43. The second kappa shape index (κ2) is 4.17. The summed E-state index contributed by atoms with van der Waals surface area (Å²) in [5.74, 6) is -0.228. The summed E-state index contributed by atoms with van der Waals surface area (Å²) in [6.45, 7) is 0. The lowest BCUT2D eigenvalue weighted by Gasteiger charge is -2.38. The minimum atomic E-state index is -0.262. The Kier molecular flexibility index (Phi) is 3.56. The number of nitrogens with two attached hydrogens (primary N) is 1. The molecule has 1 fully saturated rings. The largest absolute Gasteiger partial charge is 0.321 e. The zero-order valence-corrected chi connectivity index (χ0v) is 10.00. The van der Waals surface area contributed by atoms with Crippen LogP contribution in [0.5, 0.6) is 0 Å². The van der Waals surface area contributed by atoms with Gasteiger partial charge in [-0.3, -0.25) is 0 Å². The predicted molar refractivity (Wildman–Crippen MR) is 61.1 cm³/mol. The highest BCUT2D eigenvalue weighted by atomic mass is 79.9. The number of hydrogen-bond acceptors (Lipinski definition) is 1. The highest BCUT2D eigenvalue weighted by Crippen LogP contribution is 2.39. The van der Waals surface area contributed by atoms with Gasteiger partial charge in [0.15, 0.2) is 0 Å². The van der Waals surface area contributed by atoms with Gasteiger partial charge in [-0.25, -0.2) is 4.39 Å². The highest BCUT2D eigenvalue weighted by Gasteiger charge is 2.34. The topological polar surface area (TPSA) is 26.0 Å². The molecule has 1 aromatic rings. The van der Waals surface area contributed by atoms with E-state index in [0.717, 1.165) is 24.8 Å². The van der Waals surface area contributed by atoms with Crippen LogP contribution in [0.15, 0.2) is 22.7 Å². The third kappa shape index (κ3) is 1.95. The van der Waals surface area contributed by atoms with Crippen molar-refractivity contribution in [3.8, 4) is 0 Å². The third-order valence-corrected chi connectivity index (χ3v) is 3.38. The maximum Gasteiger partial charge on any atom is 0.137 e. The van der Waals surface area contributed by atoms with Gasteiger partial charge in [-0.15, -0.1) is 12.4 Å². The zero-order valence-electron chi connectivity index (χ0n) is 7.59. The van der Waals surface area contributed by atoms with Gasteiger partial charge in [0.1, 0.15) is 5.82 Å². The van der Waals surface area contributed by atoms with Crippen molar-refractivity contribution < 1.29 is 4.39 Å². The Hall–Kier alpha value is -0.120. The molecule has 4 heteroatoms. The molecular formula is C10H12BrClFN. The third-order valence-electron chi connectivity index (χ3n) is 2.74. The molecule has 1 nitrogen and oxygen atoms in total. The van der Waals surface area contributed by atoms with Gasteiger partial charge in [0, 0.05) is 5.54 Å². The average Bonchev–Trinajstić information content (AvgIpc) is 2.06. The molecule has 0 bridgehead atoms. The van der Waals surface area contributed by atoms with Gasteiger partial charge in [0.25, 0.3) is 0 Å². The second-order valence-electron chi connectivity index (χ2n) is 3.64. The molecule has 0 saturated heterocycles. The molecule has 0 amide bonds. The Balaban J connectivity index is 0.000000980. The van der Waals surface area contributed by atoms with Crippen molar-refractivity contribution >= 4 is 28.3 Å². The Morgan fingerprint density at radius 3 is 2.43 bits per heavy atom. The standard InChI is InChI=1S/C10H11BrFN.ClH/c11-8-3-2-7(6-9(8)12)10(13)4-1-5-10;/h2-3,6H,1,4-5,13H2;1H. The second-order valence-corrected chi connectivity index (χ2v) is 4.49. The van der Waals surface area contributed by atoms with Crippen LogP contribution in [0.3, 0.4) is 0 Å². The van der Waals surface area contributed by atoms with Crippen LogP contribution >= 0.6 is 28.3 Å². The van der Waals surface area contributed by atoms with Gasteiger partial charge in [-0.05, 0) is 52.9 Å². The number of rotatable bonds is 1. The minimum absolute atomic E-state index is 0. The van der Waals surface area contributed by atoms with Gasteiger partial charge in [-0.2, -0.15) is 0 Å². The molecule has 0 radical (unpaired) electrons. The van der Waals surface area contributed by atoms with Crippen LogP contribution in [0.1, 0.15) is 24.8 Å². The quantitative estimate of drug-likeness (QED) is 0.839. The first-order valence-corrected chi connectivity index (χ1v) is 5.15. The van der Waals surface area contributed by atoms with Gasteiger partial charge in [0.2, 0.25) is 0 Å². The summed E-state index contributed by atoms with van der Waals surface area (Å²) in [5.41, 5.74) is 6.71. The lowest BCUT2D eigenvalue weighted by atomic mass is 9.73. The van der Waals surface area contributed by atoms with Crippen molar-refractivity contribution in [3.63, 3.8) is 0 Å². The van der Waals surface area contributed by atoms with E-state index >= 15 is 0 Å². The van der Waals surface area contributed by atoms with Gasteiger partial charge < -0.3 is 5.73 Å². The smallest absolute Gasteiger partial charge is 0.137 e. The van der Waals surface area contributed by atoms with Crippen LogP contribution in [0.25, 0.3) is 0 Å². The van der Waals surface area contributed by atoms with Gasteiger partial charge >= 0.3 is 0 Å². The van der Waals surface area contributed by atoms with Crippen molar-refractivity contribution in [2.45, 2.75) is 24.8 Å². The van der Waals surface area contributed by atoms with Crippen LogP contribution in [0, 0.1) is 5.82 Å². The van der Waals surface area contributed by atoms with Crippen molar-refractivity contribution in [2.75, 3.05) is 0 Å². The fourth-order valence-electron chi connectivity index (χ4n) is 1.65. The van der Waals surface area contributed by atoms with Crippen LogP contribution in [-0.4, -0.2) is 0 Å². The van der Waals surface area contributed by atoms with Crippen LogP contribution in [0.2, 0.25) is 0 Å². The molecule has 0 aliphatic heterocycles. The minimum Gasteiger partial charge on any atom is -0.321 e. The lowest BCUT2D eigenvalue weighted by molar-refractivity contribution is 0.253. The van der Waals surface area contributed by atoms with Gasteiger partial charge in [-0.1, -0.05) is 6.07 Å².